The molecule has 1 aliphatic carbocycles. The largest absolute Gasteiger partial charge is 0.493 e. The fraction of sp³-hybridized carbons (Fsp3) is 0.647. The maximum absolute atomic E-state index is 8.36. The van der Waals surface area contributed by atoms with Gasteiger partial charge in [-0.1, -0.05) is 43.4 Å². The first kappa shape index (κ1) is 15.7. The SMILES string of the molecule is CC(CN=[N+]=[N-])Cc1cccc(OCC2CCCCC2)c1. The molecule has 1 fully saturated rings. The molecule has 0 N–H and O–H groups in total. The monoisotopic (exact) mass is 287 g/mol. The molecule has 0 amide bonds. The van der Waals surface area contributed by atoms with Crippen LogP contribution in [0, 0.1) is 11.8 Å². The second-order valence-electron chi connectivity index (χ2n) is 6.19. The Morgan fingerprint density at radius 1 is 1.33 bits per heavy atom. The molecule has 0 aromatic heterocycles. The van der Waals surface area contributed by atoms with Gasteiger partial charge in [-0.2, -0.15) is 0 Å². The molecule has 114 valence electrons. The molecule has 0 radical (unpaired) electrons. The minimum absolute atomic E-state index is 0.356. The molecule has 21 heavy (non-hydrogen) atoms. The van der Waals surface area contributed by atoms with Crippen LogP contribution in [0.1, 0.15) is 44.6 Å². The molecule has 0 bridgehead atoms. The van der Waals surface area contributed by atoms with E-state index in [0.29, 0.717) is 12.5 Å². The molecule has 4 heteroatoms. The average Bonchev–Trinajstić information content (AvgIpc) is 2.52. The standard InChI is InChI=1S/C17H25N3O/c1-14(12-19-20-18)10-16-8-5-9-17(11-16)21-13-15-6-3-2-4-7-15/h5,8-9,11,14-15H,2-4,6-7,10,12-13H2,1H3. The van der Waals surface area contributed by atoms with Crippen LogP contribution < -0.4 is 4.74 Å². The van der Waals surface area contributed by atoms with Gasteiger partial charge in [0.15, 0.2) is 0 Å². The summed E-state index contributed by atoms with van der Waals surface area (Å²) in [5, 5.41) is 3.64. The molecule has 1 atom stereocenters. The van der Waals surface area contributed by atoms with E-state index < -0.39 is 0 Å². The molecule has 1 saturated carbocycles. The molecular formula is C17H25N3O. The van der Waals surface area contributed by atoms with Crippen LogP contribution in [0.4, 0.5) is 0 Å². The Morgan fingerprint density at radius 3 is 2.90 bits per heavy atom. The summed E-state index contributed by atoms with van der Waals surface area (Å²) in [5.41, 5.74) is 9.60. The fourth-order valence-electron chi connectivity index (χ4n) is 2.97. The van der Waals surface area contributed by atoms with Crippen LogP contribution in [0.5, 0.6) is 5.75 Å². The van der Waals surface area contributed by atoms with Gasteiger partial charge in [0.1, 0.15) is 5.75 Å². The molecule has 1 unspecified atom stereocenters. The first-order chi connectivity index (χ1) is 10.3. The van der Waals surface area contributed by atoms with Gasteiger partial charge in [0.2, 0.25) is 0 Å². The second kappa shape index (κ2) is 8.58. The Balaban J connectivity index is 1.83. The molecule has 0 saturated heterocycles. The zero-order valence-electron chi connectivity index (χ0n) is 12.9. The summed E-state index contributed by atoms with van der Waals surface area (Å²) in [6, 6.07) is 8.31. The van der Waals surface area contributed by atoms with Gasteiger partial charge in [-0.05, 0) is 54.3 Å². The van der Waals surface area contributed by atoms with Crippen LogP contribution in [0.15, 0.2) is 29.4 Å². The van der Waals surface area contributed by atoms with Gasteiger partial charge in [-0.3, -0.25) is 0 Å². The van der Waals surface area contributed by atoms with Gasteiger partial charge in [0.25, 0.3) is 0 Å². The van der Waals surface area contributed by atoms with Crippen LogP contribution in [-0.2, 0) is 6.42 Å². The number of rotatable bonds is 7. The lowest BCUT2D eigenvalue weighted by Crippen LogP contribution is -2.15. The van der Waals surface area contributed by atoms with Gasteiger partial charge in [-0.15, -0.1) is 0 Å². The minimum atomic E-state index is 0.356. The Kier molecular flexibility index (Phi) is 6.42. The molecule has 1 aromatic carbocycles. The first-order valence-corrected chi connectivity index (χ1v) is 8.00. The number of ether oxygens (including phenoxy) is 1. The molecule has 1 aliphatic rings. The van der Waals surface area contributed by atoms with Gasteiger partial charge >= 0.3 is 0 Å². The molecule has 4 nitrogen and oxygen atoms in total. The molecule has 1 aromatic rings. The van der Waals surface area contributed by atoms with Crippen LogP contribution >= 0.6 is 0 Å². The zero-order valence-corrected chi connectivity index (χ0v) is 12.9. The third kappa shape index (κ3) is 5.68. The van der Waals surface area contributed by atoms with E-state index in [2.05, 4.69) is 29.1 Å². The topological polar surface area (TPSA) is 58.0 Å². The molecule has 0 spiro atoms. The third-order valence-corrected chi connectivity index (χ3v) is 4.15. The van der Waals surface area contributed by atoms with Crippen molar-refractivity contribution in [3.8, 4) is 5.75 Å². The lowest BCUT2D eigenvalue weighted by atomic mass is 9.90. The van der Waals surface area contributed by atoms with Crippen molar-refractivity contribution < 1.29 is 4.74 Å². The van der Waals surface area contributed by atoms with Crippen molar-refractivity contribution in [1.29, 1.82) is 0 Å². The Labute approximate surface area is 127 Å². The maximum Gasteiger partial charge on any atom is 0.119 e. The van der Waals surface area contributed by atoms with Crippen molar-refractivity contribution >= 4 is 0 Å². The van der Waals surface area contributed by atoms with Crippen molar-refractivity contribution in [2.24, 2.45) is 17.0 Å². The number of nitrogens with zero attached hydrogens (tertiary/aromatic N) is 3. The predicted molar refractivity (Wildman–Crippen MR) is 85.4 cm³/mol. The van der Waals surface area contributed by atoms with Crippen molar-refractivity contribution in [1.82, 2.24) is 0 Å². The Bertz CT molecular complexity index is 477. The highest BCUT2D eigenvalue weighted by molar-refractivity contribution is 5.28. The summed E-state index contributed by atoms with van der Waals surface area (Å²) in [4.78, 5) is 2.82. The van der Waals surface area contributed by atoms with Crippen molar-refractivity contribution in [2.45, 2.75) is 45.4 Å². The molecule has 0 aliphatic heterocycles. The quantitative estimate of drug-likeness (QED) is 0.389. The van der Waals surface area contributed by atoms with Crippen LogP contribution in [0.25, 0.3) is 10.4 Å². The van der Waals surface area contributed by atoms with Crippen LogP contribution in [-0.4, -0.2) is 13.2 Å². The van der Waals surface area contributed by atoms with E-state index >= 15 is 0 Å². The number of hydrogen-bond acceptors (Lipinski definition) is 2. The van der Waals surface area contributed by atoms with E-state index in [1.165, 1.54) is 37.7 Å². The van der Waals surface area contributed by atoms with Gasteiger partial charge in [0, 0.05) is 11.5 Å². The predicted octanol–water partition coefficient (Wildman–Crippen LogP) is 5.13. The van der Waals surface area contributed by atoms with Crippen molar-refractivity contribution in [3.63, 3.8) is 0 Å². The van der Waals surface area contributed by atoms with E-state index in [1.54, 1.807) is 0 Å². The normalized spacial score (nSPS) is 17.0. The highest BCUT2D eigenvalue weighted by atomic mass is 16.5. The fourth-order valence-corrected chi connectivity index (χ4v) is 2.97. The smallest absolute Gasteiger partial charge is 0.119 e. The van der Waals surface area contributed by atoms with Gasteiger partial charge in [0.05, 0.1) is 6.61 Å². The highest BCUT2D eigenvalue weighted by Gasteiger charge is 2.14. The van der Waals surface area contributed by atoms with E-state index in [1.807, 2.05) is 12.1 Å². The minimum Gasteiger partial charge on any atom is -0.493 e. The van der Waals surface area contributed by atoms with E-state index in [0.717, 1.165) is 24.7 Å². The Hall–Kier alpha value is -1.67. The van der Waals surface area contributed by atoms with Crippen LogP contribution in [0.2, 0.25) is 0 Å². The lowest BCUT2D eigenvalue weighted by Gasteiger charge is -2.21. The Morgan fingerprint density at radius 2 is 2.14 bits per heavy atom. The summed E-state index contributed by atoms with van der Waals surface area (Å²) in [6.45, 7) is 3.49. The second-order valence-corrected chi connectivity index (χ2v) is 6.19. The molecule has 2 rings (SSSR count). The molecular weight excluding hydrogens is 262 g/mol. The molecule has 0 heterocycles. The summed E-state index contributed by atoms with van der Waals surface area (Å²) in [6.07, 6.45) is 7.62. The highest BCUT2D eigenvalue weighted by Crippen LogP contribution is 2.25. The van der Waals surface area contributed by atoms with Gasteiger partial charge in [-0.25, -0.2) is 0 Å². The van der Waals surface area contributed by atoms with Crippen molar-refractivity contribution in [3.05, 3.63) is 40.3 Å². The maximum atomic E-state index is 8.36. The number of benzene rings is 1. The first-order valence-electron chi connectivity index (χ1n) is 8.00. The van der Waals surface area contributed by atoms with Gasteiger partial charge < -0.3 is 4.74 Å². The average molecular weight is 287 g/mol. The number of azide groups is 1. The van der Waals surface area contributed by atoms with Crippen molar-refractivity contribution in [2.75, 3.05) is 13.2 Å². The van der Waals surface area contributed by atoms with E-state index in [9.17, 15) is 0 Å². The number of hydrogen-bond donors (Lipinski definition) is 0. The summed E-state index contributed by atoms with van der Waals surface area (Å²) in [7, 11) is 0. The lowest BCUT2D eigenvalue weighted by molar-refractivity contribution is 0.208. The summed E-state index contributed by atoms with van der Waals surface area (Å²) < 4.78 is 5.97. The summed E-state index contributed by atoms with van der Waals surface area (Å²) in [5.74, 6) is 2.05. The van der Waals surface area contributed by atoms with E-state index in [-0.39, 0.29) is 0 Å². The zero-order chi connectivity index (χ0) is 14.9. The summed E-state index contributed by atoms with van der Waals surface area (Å²) >= 11 is 0. The third-order valence-electron chi connectivity index (χ3n) is 4.15. The van der Waals surface area contributed by atoms with E-state index in [4.69, 9.17) is 10.3 Å². The van der Waals surface area contributed by atoms with Crippen LogP contribution in [0.3, 0.4) is 0 Å².